The first kappa shape index (κ1) is 21.0. The number of aliphatic imine (C=N–C) groups is 1. The Morgan fingerprint density at radius 1 is 1.26 bits per heavy atom. The van der Waals surface area contributed by atoms with Crippen molar-refractivity contribution in [3.05, 3.63) is 63.9 Å². The first-order valence-corrected chi connectivity index (χ1v) is 11.3. The first-order valence-electron chi connectivity index (χ1n) is 10.4. The summed E-state index contributed by atoms with van der Waals surface area (Å²) in [5.74, 6) is 2.51. The van der Waals surface area contributed by atoms with Gasteiger partial charge in [-0.1, -0.05) is 24.3 Å². The van der Waals surface area contributed by atoms with Crippen LogP contribution in [0.4, 0.5) is 5.69 Å². The molecule has 1 aromatic carbocycles. The smallest absolute Gasteiger partial charge is 0.225 e. The number of aryl methyl sites for hydroxylation is 1. The summed E-state index contributed by atoms with van der Waals surface area (Å²) in [4.78, 5) is 18.2. The molecule has 0 saturated heterocycles. The second-order valence-corrected chi connectivity index (χ2v) is 8.59. The summed E-state index contributed by atoms with van der Waals surface area (Å²) in [7, 11) is 1.94. The number of nitrogens with one attached hydrogen (secondary N) is 3. The van der Waals surface area contributed by atoms with E-state index in [9.17, 15) is 4.79 Å². The second-order valence-electron chi connectivity index (χ2n) is 7.56. The molecular formula is C22H27N7OS. The van der Waals surface area contributed by atoms with Crippen LogP contribution in [0.5, 0.6) is 0 Å². The van der Waals surface area contributed by atoms with E-state index in [0.717, 1.165) is 35.9 Å². The van der Waals surface area contributed by atoms with Gasteiger partial charge in [0.05, 0.1) is 0 Å². The molecule has 3 aromatic rings. The summed E-state index contributed by atoms with van der Waals surface area (Å²) in [6.45, 7) is 3.73. The van der Waals surface area contributed by atoms with E-state index in [2.05, 4.69) is 49.7 Å². The van der Waals surface area contributed by atoms with Crippen LogP contribution in [0, 0.1) is 6.92 Å². The van der Waals surface area contributed by atoms with Gasteiger partial charge in [0.15, 0.2) is 11.8 Å². The highest BCUT2D eigenvalue weighted by Gasteiger charge is 2.24. The van der Waals surface area contributed by atoms with E-state index >= 15 is 0 Å². The number of amides is 1. The van der Waals surface area contributed by atoms with Crippen LogP contribution in [0.25, 0.3) is 0 Å². The third-order valence-electron chi connectivity index (χ3n) is 5.43. The van der Waals surface area contributed by atoms with Crippen LogP contribution in [0.15, 0.2) is 46.8 Å². The zero-order valence-electron chi connectivity index (χ0n) is 17.8. The van der Waals surface area contributed by atoms with E-state index in [1.54, 1.807) is 11.3 Å². The number of carbonyl (C=O) groups is 1. The minimum atomic E-state index is 0.0456. The van der Waals surface area contributed by atoms with Gasteiger partial charge in [0.2, 0.25) is 5.91 Å². The van der Waals surface area contributed by atoms with Crippen LogP contribution >= 0.6 is 11.3 Å². The van der Waals surface area contributed by atoms with Crippen molar-refractivity contribution in [3.63, 3.8) is 0 Å². The predicted octanol–water partition coefficient (Wildman–Crippen LogP) is 2.59. The summed E-state index contributed by atoms with van der Waals surface area (Å²) in [5.41, 5.74) is 2.04. The van der Waals surface area contributed by atoms with E-state index < -0.39 is 0 Å². The maximum Gasteiger partial charge on any atom is 0.225 e. The van der Waals surface area contributed by atoms with Crippen LogP contribution in [-0.2, 0) is 24.8 Å². The Morgan fingerprint density at radius 3 is 2.90 bits per heavy atom. The average molecular weight is 438 g/mol. The maximum absolute atomic E-state index is 12.1. The van der Waals surface area contributed by atoms with Gasteiger partial charge in [0.25, 0.3) is 0 Å². The number of hydrogen-bond donors (Lipinski definition) is 3. The summed E-state index contributed by atoms with van der Waals surface area (Å²) in [5, 5.41) is 20.2. The van der Waals surface area contributed by atoms with E-state index in [4.69, 9.17) is 4.99 Å². The second kappa shape index (κ2) is 9.74. The van der Waals surface area contributed by atoms with Crippen molar-refractivity contribution < 1.29 is 4.79 Å². The van der Waals surface area contributed by atoms with Crippen molar-refractivity contribution in [2.75, 3.05) is 18.4 Å². The molecule has 2 aromatic heterocycles. The molecule has 1 aliphatic heterocycles. The molecule has 0 radical (unpaired) electrons. The van der Waals surface area contributed by atoms with Gasteiger partial charge in [-0.15, -0.1) is 21.5 Å². The minimum Gasteiger partial charge on any atom is -0.356 e. The van der Waals surface area contributed by atoms with E-state index in [1.807, 2.05) is 36.7 Å². The highest BCUT2D eigenvalue weighted by atomic mass is 32.1. The van der Waals surface area contributed by atoms with Gasteiger partial charge in [0.1, 0.15) is 12.4 Å². The summed E-state index contributed by atoms with van der Waals surface area (Å²) < 4.78 is 1.94. The number of hydrogen-bond acceptors (Lipinski definition) is 5. The molecule has 3 heterocycles. The van der Waals surface area contributed by atoms with Crippen molar-refractivity contribution in [2.24, 2.45) is 12.0 Å². The predicted molar refractivity (Wildman–Crippen MR) is 123 cm³/mol. The zero-order chi connectivity index (χ0) is 21.6. The summed E-state index contributed by atoms with van der Waals surface area (Å²) in [6, 6.07) is 12.2. The Morgan fingerprint density at radius 2 is 2.13 bits per heavy atom. The average Bonchev–Trinajstić information content (AvgIpc) is 3.40. The number of rotatable bonds is 7. The monoisotopic (exact) mass is 437 g/mol. The molecule has 9 heteroatoms. The van der Waals surface area contributed by atoms with Crippen LogP contribution in [-0.4, -0.2) is 39.7 Å². The molecule has 1 amide bonds. The summed E-state index contributed by atoms with van der Waals surface area (Å²) in [6.07, 6.45) is 1.38. The minimum absolute atomic E-state index is 0.0456. The molecule has 0 bridgehead atoms. The largest absolute Gasteiger partial charge is 0.356 e. The zero-order valence-corrected chi connectivity index (χ0v) is 18.6. The molecule has 8 nitrogen and oxygen atoms in total. The Labute approximate surface area is 185 Å². The highest BCUT2D eigenvalue weighted by Crippen LogP contribution is 2.31. The van der Waals surface area contributed by atoms with E-state index in [-0.39, 0.29) is 11.8 Å². The molecule has 1 atom stereocenters. The number of carbonyl (C=O) groups excluding carboxylic acids is 1. The first-order chi connectivity index (χ1) is 15.1. The Bertz CT molecular complexity index is 1060. The molecule has 4 rings (SSSR count). The molecule has 0 saturated carbocycles. The van der Waals surface area contributed by atoms with Crippen molar-refractivity contribution in [3.8, 4) is 0 Å². The normalized spacial score (nSPS) is 16.0. The fourth-order valence-corrected chi connectivity index (χ4v) is 4.28. The number of benzene rings is 1. The van der Waals surface area contributed by atoms with E-state index in [0.29, 0.717) is 25.5 Å². The third-order valence-corrected chi connectivity index (χ3v) is 6.36. The number of fused-ring (bicyclic) bond motifs is 1. The van der Waals surface area contributed by atoms with E-state index in [1.165, 1.54) is 4.88 Å². The van der Waals surface area contributed by atoms with Crippen molar-refractivity contribution >= 4 is 28.9 Å². The van der Waals surface area contributed by atoms with Crippen LogP contribution < -0.4 is 16.0 Å². The van der Waals surface area contributed by atoms with Gasteiger partial charge in [-0.3, -0.25) is 4.79 Å². The standard InChI is InChI=1S/C22H27N7OS/c1-15-27-28-20(29(15)2)14-25-22(23-10-9-17-6-5-11-31-17)24-13-16-12-21(30)26-19-8-4-3-7-18(16)19/h3-8,11,16H,9-10,12-14H2,1-2H3,(H,26,30)(H2,23,24,25). The number of nitrogens with zero attached hydrogens (tertiary/aromatic N) is 4. The Kier molecular flexibility index (Phi) is 6.61. The fraction of sp³-hybridized carbons (Fsp3) is 0.364. The molecule has 0 spiro atoms. The number of thiophene rings is 1. The lowest BCUT2D eigenvalue weighted by Crippen LogP contribution is -2.41. The Balaban J connectivity index is 1.44. The van der Waals surface area contributed by atoms with Crippen LogP contribution in [0.2, 0.25) is 0 Å². The molecule has 1 unspecified atom stereocenters. The summed E-state index contributed by atoms with van der Waals surface area (Å²) >= 11 is 1.75. The highest BCUT2D eigenvalue weighted by molar-refractivity contribution is 7.09. The van der Waals surface area contributed by atoms with Crippen molar-refractivity contribution in [1.82, 2.24) is 25.4 Å². The quantitative estimate of drug-likeness (QED) is 0.390. The third kappa shape index (κ3) is 5.29. The SMILES string of the molecule is Cc1nnc(CN=C(NCCc2cccs2)NCC2CC(=O)Nc3ccccc32)n1C. The van der Waals surface area contributed by atoms with Crippen LogP contribution in [0.3, 0.4) is 0 Å². The molecule has 162 valence electrons. The topological polar surface area (TPSA) is 96.2 Å². The van der Waals surface area contributed by atoms with Crippen LogP contribution in [0.1, 0.15) is 34.4 Å². The lowest BCUT2D eigenvalue weighted by atomic mass is 9.90. The van der Waals surface area contributed by atoms with Gasteiger partial charge in [-0.25, -0.2) is 4.99 Å². The maximum atomic E-state index is 12.1. The Hall–Kier alpha value is -3.20. The van der Waals surface area contributed by atoms with Gasteiger partial charge >= 0.3 is 0 Å². The molecule has 3 N–H and O–H groups in total. The van der Waals surface area contributed by atoms with Gasteiger partial charge in [-0.05, 0) is 36.4 Å². The number of aromatic nitrogens is 3. The van der Waals surface area contributed by atoms with Gasteiger partial charge in [-0.2, -0.15) is 0 Å². The van der Waals surface area contributed by atoms with Crippen molar-refractivity contribution in [2.45, 2.75) is 32.2 Å². The molecule has 1 aliphatic rings. The number of para-hydroxylation sites is 1. The fourth-order valence-electron chi connectivity index (χ4n) is 3.58. The number of guanidine groups is 1. The molecular weight excluding hydrogens is 410 g/mol. The van der Waals surface area contributed by atoms with Gasteiger partial charge < -0.3 is 20.5 Å². The molecule has 0 fully saturated rings. The molecule has 31 heavy (non-hydrogen) atoms. The lowest BCUT2D eigenvalue weighted by Gasteiger charge is -2.26. The lowest BCUT2D eigenvalue weighted by molar-refractivity contribution is -0.116. The molecule has 0 aliphatic carbocycles. The van der Waals surface area contributed by atoms with Crippen molar-refractivity contribution in [1.29, 1.82) is 0 Å². The number of anilines is 1. The van der Waals surface area contributed by atoms with Gasteiger partial charge in [0, 0.05) is 43.0 Å².